The summed E-state index contributed by atoms with van der Waals surface area (Å²) in [6.45, 7) is 2.48. The van der Waals surface area contributed by atoms with Gasteiger partial charge < -0.3 is 15.4 Å². The highest BCUT2D eigenvalue weighted by Crippen LogP contribution is 2.42. The van der Waals surface area contributed by atoms with Crippen LogP contribution in [0.2, 0.25) is 5.02 Å². The number of halogens is 1. The molecule has 1 aromatic carbocycles. The van der Waals surface area contributed by atoms with Crippen molar-refractivity contribution in [2.45, 2.75) is 31.6 Å². The van der Waals surface area contributed by atoms with E-state index >= 15 is 0 Å². The molecule has 4 aromatic rings. The minimum absolute atomic E-state index is 0.0734. The lowest BCUT2D eigenvalue weighted by Gasteiger charge is -2.41. The number of aryl methyl sites for hydroxylation is 1. The summed E-state index contributed by atoms with van der Waals surface area (Å²) >= 11 is 6.21. The van der Waals surface area contributed by atoms with E-state index in [0.717, 1.165) is 33.8 Å². The topological polar surface area (TPSA) is 99.2 Å². The number of nitrogen functional groups attached to an aromatic ring is 1. The SMILES string of the molecule is C[C@@H]1CN(C(=O)c2cc3c(cn2)nc(N)c2cnn(C)c23)[C@H]2c3ccc(Cl)cc3C[C@H]2O1. The number of rotatable bonds is 1. The summed E-state index contributed by atoms with van der Waals surface area (Å²) in [7, 11) is 1.85. The first-order chi connectivity index (χ1) is 15.4. The third-order valence-corrected chi connectivity index (χ3v) is 6.70. The van der Waals surface area contributed by atoms with Crippen molar-refractivity contribution < 1.29 is 9.53 Å². The van der Waals surface area contributed by atoms with Crippen LogP contribution >= 0.6 is 11.6 Å². The number of nitrogens with two attached hydrogens (primary N) is 1. The van der Waals surface area contributed by atoms with Crippen molar-refractivity contribution in [3.05, 3.63) is 58.5 Å². The Morgan fingerprint density at radius 2 is 2.09 bits per heavy atom. The third-order valence-electron chi connectivity index (χ3n) is 6.47. The molecule has 0 saturated carbocycles. The van der Waals surface area contributed by atoms with E-state index in [4.69, 9.17) is 22.1 Å². The van der Waals surface area contributed by atoms with Crippen LogP contribution in [0, 0.1) is 0 Å². The van der Waals surface area contributed by atoms with Crippen molar-refractivity contribution in [1.29, 1.82) is 0 Å². The van der Waals surface area contributed by atoms with E-state index in [9.17, 15) is 4.79 Å². The van der Waals surface area contributed by atoms with E-state index in [1.165, 1.54) is 0 Å². The number of hydrogen-bond donors (Lipinski definition) is 1. The third kappa shape index (κ3) is 2.79. The van der Waals surface area contributed by atoms with Gasteiger partial charge in [-0.05, 0) is 36.2 Å². The van der Waals surface area contributed by atoms with Gasteiger partial charge in [0.05, 0.1) is 47.1 Å². The number of ether oxygens (including phenoxy) is 1. The van der Waals surface area contributed by atoms with E-state index in [1.807, 2.05) is 37.1 Å². The molecule has 4 heterocycles. The van der Waals surface area contributed by atoms with Crippen molar-refractivity contribution >= 4 is 45.1 Å². The highest BCUT2D eigenvalue weighted by molar-refractivity contribution is 6.30. The van der Waals surface area contributed by atoms with Crippen LogP contribution in [0.25, 0.3) is 21.8 Å². The first-order valence-corrected chi connectivity index (χ1v) is 10.9. The molecule has 1 aliphatic carbocycles. The second-order valence-electron chi connectivity index (χ2n) is 8.55. The first-order valence-electron chi connectivity index (χ1n) is 10.5. The molecule has 162 valence electrons. The van der Waals surface area contributed by atoms with Crippen LogP contribution in [0.4, 0.5) is 5.82 Å². The highest BCUT2D eigenvalue weighted by Gasteiger charge is 2.44. The number of anilines is 1. The maximum Gasteiger partial charge on any atom is 0.273 e. The molecular weight excluding hydrogens is 428 g/mol. The lowest BCUT2D eigenvalue weighted by atomic mass is 10.0. The molecule has 1 saturated heterocycles. The minimum atomic E-state index is -0.162. The van der Waals surface area contributed by atoms with Gasteiger partial charge in [0.25, 0.3) is 5.91 Å². The zero-order valence-corrected chi connectivity index (χ0v) is 18.4. The average Bonchev–Trinajstić information content (AvgIpc) is 3.33. The number of amides is 1. The molecule has 0 bridgehead atoms. The predicted molar refractivity (Wildman–Crippen MR) is 121 cm³/mol. The smallest absolute Gasteiger partial charge is 0.273 e. The maximum atomic E-state index is 13.7. The maximum absolute atomic E-state index is 13.7. The number of pyridine rings is 2. The van der Waals surface area contributed by atoms with Crippen LogP contribution in [0.3, 0.4) is 0 Å². The largest absolute Gasteiger partial charge is 0.383 e. The molecule has 1 amide bonds. The van der Waals surface area contributed by atoms with Gasteiger partial charge in [0.2, 0.25) is 0 Å². The van der Waals surface area contributed by atoms with Crippen LogP contribution < -0.4 is 5.73 Å². The van der Waals surface area contributed by atoms with Crippen molar-refractivity contribution in [2.75, 3.05) is 12.3 Å². The predicted octanol–water partition coefficient (Wildman–Crippen LogP) is 3.28. The fourth-order valence-corrected chi connectivity index (χ4v) is 5.32. The van der Waals surface area contributed by atoms with Gasteiger partial charge in [-0.15, -0.1) is 0 Å². The summed E-state index contributed by atoms with van der Waals surface area (Å²) < 4.78 is 7.95. The Morgan fingerprint density at radius 3 is 2.94 bits per heavy atom. The van der Waals surface area contributed by atoms with E-state index in [1.54, 1.807) is 23.1 Å². The number of benzene rings is 1. The Bertz CT molecular complexity index is 1420. The molecule has 9 heteroatoms. The minimum Gasteiger partial charge on any atom is -0.383 e. The molecule has 3 atom stereocenters. The second kappa shape index (κ2) is 6.88. The van der Waals surface area contributed by atoms with Crippen LogP contribution in [-0.4, -0.2) is 49.3 Å². The molecule has 2 N–H and O–H groups in total. The summed E-state index contributed by atoms with van der Waals surface area (Å²) in [4.78, 5) is 24.5. The Hall–Kier alpha value is -3.23. The van der Waals surface area contributed by atoms with Gasteiger partial charge in [-0.2, -0.15) is 5.10 Å². The Labute approximate surface area is 188 Å². The van der Waals surface area contributed by atoms with Gasteiger partial charge in [-0.3, -0.25) is 9.48 Å². The van der Waals surface area contributed by atoms with Gasteiger partial charge in [-0.1, -0.05) is 17.7 Å². The van der Waals surface area contributed by atoms with Gasteiger partial charge in [-0.25, -0.2) is 9.97 Å². The van der Waals surface area contributed by atoms with Crippen molar-refractivity contribution in [3.63, 3.8) is 0 Å². The molecular formula is C23H21ClN6O2. The number of morpholine rings is 1. The zero-order chi connectivity index (χ0) is 22.1. The van der Waals surface area contributed by atoms with E-state index in [-0.39, 0.29) is 24.2 Å². The molecule has 1 fully saturated rings. The lowest BCUT2D eigenvalue weighted by molar-refractivity contribution is -0.0938. The Morgan fingerprint density at radius 1 is 1.25 bits per heavy atom. The van der Waals surface area contributed by atoms with E-state index in [2.05, 4.69) is 15.1 Å². The monoisotopic (exact) mass is 448 g/mol. The molecule has 0 spiro atoms. The molecule has 32 heavy (non-hydrogen) atoms. The van der Waals surface area contributed by atoms with Crippen LogP contribution in [0.5, 0.6) is 0 Å². The Kier molecular flexibility index (Phi) is 4.18. The quantitative estimate of drug-likeness (QED) is 0.479. The van der Waals surface area contributed by atoms with Crippen LogP contribution in [0.1, 0.15) is 34.6 Å². The highest BCUT2D eigenvalue weighted by atomic mass is 35.5. The van der Waals surface area contributed by atoms with Gasteiger partial charge in [0.1, 0.15) is 11.5 Å². The van der Waals surface area contributed by atoms with Gasteiger partial charge >= 0.3 is 0 Å². The molecule has 0 unspecified atom stereocenters. The molecule has 1 aliphatic heterocycles. The van der Waals surface area contributed by atoms with Crippen molar-refractivity contribution in [3.8, 4) is 0 Å². The summed E-state index contributed by atoms with van der Waals surface area (Å²) in [5.74, 6) is 0.263. The first kappa shape index (κ1) is 19.5. The van der Waals surface area contributed by atoms with E-state index in [0.29, 0.717) is 28.6 Å². The standard InChI is InChI=1S/C23H21ClN6O2/c1-11-10-30(21-14-4-3-13(24)5-12(14)6-19(21)32-11)23(31)17-7-15-18(9-26-17)28-22(25)16-8-27-29(2)20(15)16/h3-5,7-9,11,19,21H,6,10H2,1-2H3,(H2,25,28)/t11-,19-,21+/m1/s1. The van der Waals surface area contributed by atoms with Crippen LogP contribution in [0.15, 0.2) is 36.7 Å². The normalized spacial score (nSPS) is 22.3. The van der Waals surface area contributed by atoms with Crippen LogP contribution in [-0.2, 0) is 18.2 Å². The molecule has 8 nitrogen and oxygen atoms in total. The number of nitrogens with zero attached hydrogens (tertiary/aromatic N) is 5. The fraction of sp³-hybridized carbons (Fsp3) is 0.304. The average molecular weight is 449 g/mol. The summed E-state index contributed by atoms with van der Waals surface area (Å²) in [6.07, 6.45) is 3.86. The number of hydrogen-bond acceptors (Lipinski definition) is 6. The fourth-order valence-electron chi connectivity index (χ4n) is 5.13. The summed E-state index contributed by atoms with van der Waals surface area (Å²) in [5, 5.41) is 6.55. The Balaban J connectivity index is 1.46. The summed E-state index contributed by atoms with van der Waals surface area (Å²) in [6, 6.07) is 7.47. The molecule has 0 radical (unpaired) electrons. The zero-order valence-electron chi connectivity index (χ0n) is 17.6. The van der Waals surface area contributed by atoms with Gasteiger partial charge in [0, 0.05) is 30.4 Å². The summed E-state index contributed by atoms with van der Waals surface area (Å²) in [5.41, 5.74) is 10.1. The lowest BCUT2D eigenvalue weighted by Crippen LogP contribution is -2.50. The number of carbonyl (C=O) groups is 1. The van der Waals surface area contributed by atoms with Gasteiger partial charge in [0.15, 0.2) is 0 Å². The van der Waals surface area contributed by atoms with Crippen molar-refractivity contribution in [1.82, 2.24) is 24.6 Å². The van der Waals surface area contributed by atoms with E-state index < -0.39 is 0 Å². The molecule has 6 rings (SSSR count). The van der Waals surface area contributed by atoms with Crippen molar-refractivity contribution in [2.24, 2.45) is 7.05 Å². The molecule has 3 aromatic heterocycles. The number of aromatic nitrogens is 4. The molecule has 2 aliphatic rings. The number of carbonyl (C=O) groups excluding carboxylic acids is 1. The number of fused-ring (bicyclic) bond motifs is 6. The second-order valence-corrected chi connectivity index (χ2v) is 8.99.